The van der Waals surface area contributed by atoms with E-state index in [1.54, 1.807) is 55.5 Å². The fourth-order valence-corrected chi connectivity index (χ4v) is 4.09. The largest absolute Gasteiger partial charge is 0.321 e. The highest BCUT2D eigenvalue weighted by Crippen LogP contribution is 2.19. The lowest BCUT2D eigenvalue weighted by Crippen LogP contribution is -2.26. The average Bonchev–Trinajstić information content (AvgIpc) is 2.80. The highest BCUT2D eigenvalue weighted by Gasteiger charge is 2.18. The van der Waals surface area contributed by atoms with Gasteiger partial charge in [0.1, 0.15) is 0 Å². The van der Waals surface area contributed by atoms with Gasteiger partial charge in [-0.25, -0.2) is 8.42 Å². The number of nitrogens with one attached hydrogen (secondary N) is 1. The van der Waals surface area contributed by atoms with E-state index < -0.39 is 15.7 Å². The minimum absolute atomic E-state index is 0.00432. The van der Waals surface area contributed by atoms with E-state index >= 15 is 0 Å². The Morgan fingerprint density at radius 3 is 2.16 bits per heavy atom. The second-order valence-electron chi connectivity index (χ2n) is 6.83. The molecule has 1 heterocycles. The molecule has 1 amide bonds. The normalized spacial score (nSPS) is 11.4. The zero-order valence-corrected chi connectivity index (χ0v) is 17.5. The molecule has 0 radical (unpaired) electrons. The maximum absolute atomic E-state index is 13.1. The summed E-state index contributed by atoms with van der Waals surface area (Å²) >= 11 is 0. The van der Waals surface area contributed by atoms with Crippen LogP contribution in [0, 0.1) is 0 Å². The molecule has 0 saturated heterocycles. The van der Waals surface area contributed by atoms with Crippen LogP contribution in [0.3, 0.4) is 0 Å². The zero-order valence-electron chi connectivity index (χ0n) is 16.6. The number of aromatic nitrogens is 2. The quantitative estimate of drug-likeness (QED) is 0.520. The fourth-order valence-electron chi connectivity index (χ4n) is 3.20. The van der Waals surface area contributed by atoms with Crippen LogP contribution in [-0.2, 0) is 9.84 Å². The highest BCUT2D eigenvalue weighted by atomic mass is 32.2. The summed E-state index contributed by atoms with van der Waals surface area (Å²) in [6.45, 7) is 1.57. The van der Waals surface area contributed by atoms with Gasteiger partial charge >= 0.3 is 0 Å². The number of benzene rings is 3. The smallest absolute Gasteiger partial charge is 0.279 e. The summed E-state index contributed by atoms with van der Waals surface area (Å²) in [4.78, 5) is 26.2. The molecule has 0 unspecified atom stereocenters. The summed E-state index contributed by atoms with van der Waals surface area (Å²) < 4.78 is 25.2. The number of hydrogen-bond donors (Lipinski definition) is 1. The molecule has 4 aromatic rings. The van der Waals surface area contributed by atoms with E-state index in [1.807, 2.05) is 6.07 Å². The van der Waals surface area contributed by atoms with E-state index in [2.05, 4.69) is 10.4 Å². The summed E-state index contributed by atoms with van der Waals surface area (Å²) in [6.07, 6.45) is 0. The molecule has 31 heavy (non-hydrogen) atoms. The Labute approximate surface area is 178 Å². The van der Waals surface area contributed by atoms with Crippen molar-refractivity contribution in [3.8, 4) is 5.69 Å². The number of nitrogens with zero attached hydrogens (tertiary/aromatic N) is 2. The summed E-state index contributed by atoms with van der Waals surface area (Å²) in [5.74, 6) is -0.512. The van der Waals surface area contributed by atoms with Gasteiger partial charge in [-0.2, -0.15) is 9.78 Å². The van der Waals surface area contributed by atoms with Gasteiger partial charge in [0.15, 0.2) is 15.5 Å². The number of sulfone groups is 1. The first-order chi connectivity index (χ1) is 14.9. The van der Waals surface area contributed by atoms with Crippen molar-refractivity contribution in [2.45, 2.75) is 11.8 Å². The van der Waals surface area contributed by atoms with E-state index in [4.69, 9.17) is 0 Å². The number of para-hydroxylation sites is 1. The van der Waals surface area contributed by atoms with E-state index in [0.717, 1.165) is 0 Å². The van der Waals surface area contributed by atoms with Crippen molar-refractivity contribution < 1.29 is 13.2 Å². The lowest BCUT2D eigenvalue weighted by Gasteiger charge is -2.11. The van der Waals surface area contributed by atoms with E-state index in [9.17, 15) is 18.0 Å². The molecule has 8 heteroatoms. The van der Waals surface area contributed by atoms with Crippen LogP contribution >= 0.6 is 0 Å². The number of carbonyl (C=O) groups excluding carboxylic acids is 1. The molecule has 0 aliphatic carbocycles. The van der Waals surface area contributed by atoms with E-state index in [1.165, 1.54) is 28.9 Å². The average molecular weight is 433 g/mol. The summed E-state index contributed by atoms with van der Waals surface area (Å²) in [7, 11) is -3.33. The molecule has 1 aromatic heterocycles. The van der Waals surface area contributed by atoms with Crippen molar-refractivity contribution >= 4 is 32.2 Å². The lowest BCUT2D eigenvalue weighted by atomic mass is 10.1. The first-order valence-corrected chi connectivity index (χ1v) is 11.3. The summed E-state index contributed by atoms with van der Waals surface area (Å²) in [5.41, 5.74) is 0.724. The van der Waals surface area contributed by atoms with Crippen molar-refractivity contribution in [2.24, 2.45) is 0 Å². The predicted octanol–water partition coefficient (Wildman–Crippen LogP) is 3.43. The zero-order chi connectivity index (χ0) is 22.0. The maximum Gasteiger partial charge on any atom is 0.279 e. The second-order valence-corrected chi connectivity index (χ2v) is 9.11. The predicted molar refractivity (Wildman–Crippen MR) is 119 cm³/mol. The number of hydrogen-bond acceptors (Lipinski definition) is 5. The Balaban J connectivity index is 1.76. The molecule has 0 spiro atoms. The van der Waals surface area contributed by atoms with Crippen LogP contribution < -0.4 is 10.9 Å². The Bertz CT molecular complexity index is 1430. The molecular formula is C23H19N3O4S. The molecule has 0 atom stereocenters. The number of anilines is 1. The summed E-state index contributed by atoms with van der Waals surface area (Å²) in [6, 6.07) is 21.6. The third-order valence-corrected chi connectivity index (χ3v) is 6.62. The number of amides is 1. The number of carbonyl (C=O) groups is 1. The topological polar surface area (TPSA) is 98.1 Å². The molecule has 0 saturated carbocycles. The molecule has 0 aliphatic rings. The Morgan fingerprint density at radius 1 is 0.903 bits per heavy atom. The van der Waals surface area contributed by atoms with Gasteiger partial charge in [0.25, 0.3) is 11.5 Å². The van der Waals surface area contributed by atoms with Gasteiger partial charge in [-0.3, -0.25) is 9.59 Å². The Morgan fingerprint density at radius 2 is 1.52 bits per heavy atom. The van der Waals surface area contributed by atoms with Gasteiger partial charge < -0.3 is 5.32 Å². The van der Waals surface area contributed by atoms with Gasteiger partial charge in [-0.15, -0.1) is 0 Å². The van der Waals surface area contributed by atoms with Crippen LogP contribution in [0.4, 0.5) is 5.69 Å². The summed E-state index contributed by atoms with van der Waals surface area (Å²) in [5, 5.41) is 7.87. The highest BCUT2D eigenvalue weighted by molar-refractivity contribution is 7.91. The molecule has 3 aromatic carbocycles. The monoisotopic (exact) mass is 433 g/mol. The second kappa shape index (κ2) is 8.16. The van der Waals surface area contributed by atoms with Gasteiger partial charge in [0, 0.05) is 11.1 Å². The molecule has 7 nitrogen and oxygen atoms in total. The minimum Gasteiger partial charge on any atom is -0.321 e. The SMILES string of the molecule is CCS(=O)(=O)c1ccc(NC(=O)c2nn(-c3ccccc3)c(=O)c3ccccc23)cc1. The van der Waals surface area contributed by atoms with Crippen molar-refractivity contribution in [3.05, 3.63) is 94.9 Å². The molecule has 0 fully saturated rings. The van der Waals surface area contributed by atoms with E-state index in [-0.39, 0.29) is 21.9 Å². The fraction of sp³-hybridized carbons (Fsp3) is 0.0870. The molecular weight excluding hydrogens is 414 g/mol. The molecule has 1 N–H and O–H groups in total. The van der Waals surface area contributed by atoms with Gasteiger partial charge in [-0.05, 0) is 42.5 Å². The van der Waals surface area contributed by atoms with Crippen LogP contribution in [0.5, 0.6) is 0 Å². The van der Waals surface area contributed by atoms with Gasteiger partial charge in [0.2, 0.25) is 0 Å². The van der Waals surface area contributed by atoms with Crippen LogP contribution in [0.25, 0.3) is 16.5 Å². The minimum atomic E-state index is -3.33. The van der Waals surface area contributed by atoms with Crippen molar-refractivity contribution in [1.29, 1.82) is 0 Å². The third-order valence-electron chi connectivity index (χ3n) is 4.87. The molecule has 4 rings (SSSR count). The van der Waals surface area contributed by atoms with Crippen LogP contribution in [0.2, 0.25) is 0 Å². The first-order valence-electron chi connectivity index (χ1n) is 9.62. The number of fused-ring (bicyclic) bond motifs is 1. The van der Waals surface area contributed by atoms with Crippen molar-refractivity contribution in [3.63, 3.8) is 0 Å². The maximum atomic E-state index is 13.1. The van der Waals surface area contributed by atoms with Crippen molar-refractivity contribution in [1.82, 2.24) is 9.78 Å². The van der Waals surface area contributed by atoms with Gasteiger partial charge in [0.05, 0.1) is 21.7 Å². The molecule has 156 valence electrons. The van der Waals surface area contributed by atoms with Crippen LogP contribution in [0.15, 0.2) is 88.6 Å². The third kappa shape index (κ3) is 3.97. The number of rotatable bonds is 5. The lowest BCUT2D eigenvalue weighted by molar-refractivity contribution is 0.102. The van der Waals surface area contributed by atoms with Crippen molar-refractivity contribution in [2.75, 3.05) is 11.1 Å². The standard InChI is InChI=1S/C23H19N3O4S/c1-2-31(29,30)18-14-12-16(13-15-18)24-22(27)21-19-10-6-7-11-20(19)23(28)26(25-21)17-8-4-3-5-9-17/h3-15H,2H2,1H3,(H,24,27). The Kier molecular flexibility index (Phi) is 5.39. The first kappa shape index (κ1) is 20.5. The molecule has 0 bridgehead atoms. The molecule has 0 aliphatic heterocycles. The van der Waals surface area contributed by atoms with Crippen LogP contribution in [0.1, 0.15) is 17.4 Å². The van der Waals surface area contributed by atoms with E-state index in [0.29, 0.717) is 22.1 Å². The Hall–Kier alpha value is -3.78. The van der Waals surface area contributed by atoms with Crippen LogP contribution in [-0.4, -0.2) is 29.9 Å². The van der Waals surface area contributed by atoms with Gasteiger partial charge in [-0.1, -0.05) is 43.3 Å².